The molecule has 1 aliphatic rings. The molecule has 0 amide bonds. The molecule has 2 nitrogen and oxygen atoms in total. The molecule has 1 heterocycles. The maximum absolute atomic E-state index is 3.67. The summed E-state index contributed by atoms with van der Waals surface area (Å²) in [6, 6.07) is 2.42. The van der Waals surface area contributed by atoms with Crippen LogP contribution >= 0.6 is 22.6 Å². The second kappa shape index (κ2) is 1.53. The van der Waals surface area contributed by atoms with E-state index >= 15 is 0 Å². The van der Waals surface area contributed by atoms with Crippen LogP contribution in [0.3, 0.4) is 0 Å². The van der Waals surface area contributed by atoms with Gasteiger partial charge in [-0.1, -0.05) is 0 Å². The van der Waals surface area contributed by atoms with Gasteiger partial charge in [-0.05, 0) is 22.6 Å². The lowest BCUT2D eigenvalue weighted by Crippen LogP contribution is -1.44. The zero-order valence-electron chi connectivity index (χ0n) is 2.85. The molecule has 0 aromatic rings. The van der Waals surface area contributed by atoms with Gasteiger partial charge in [-0.15, -0.1) is 0 Å². The van der Waals surface area contributed by atoms with E-state index in [2.05, 4.69) is 38.6 Å². The second-order valence-electron chi connectivity index (χ2n) is 0.793. The number of hydrogen-bond donors (Lipinski definition) is 0. The Labute approximate surface area is 48.8 Å². The number of aliphatic imine (C=N–C) groups is 2. The third-order valence-corrected chi connectivity index (χ3v) is 0.905. The predicted octanol–water partition coefficient (Wildman–Crippen LogP) is 1.41. The summed E-state index contributed by atoms with van der Waals surface area (Å²) in [4.78, 5) is 7.25. The molecule has 0 aromatic heterocycles. The molecule has 6 heavy (non-hydrogen) atoms. The molecule has 0 spiro atoms. The van der Waals surface area contributed by atoms with Gasteiger partial charge >= 0.3 is 0 Å². The highest BCUT2D eigenvalue weighted by Gasteiger charge is 1.83. The van der Waals surface area contributed by atoms with Gasteiger partial charge in [0.2, 0.25) is 0 Å². The minimum atomic E-state index is 0.896. The third kappa shape index (κ3) is 0.666. The number of hydrogen-bond acceptors (Lipinski definition) is 2. The van der Waals surface area contributed by atoms with E-state index in [0.717, 1.165) is 3.70 Å². The molecular formula is C3HIN2. The van der Waals surface area contributed by atoms with Crippen molar-refractivity contribution in [3.05, 3.63) is 9.90 Å². The van der Waals surface area contributed by atoms with Crippen LogP contribution in [0.25, 0.3) is 0 Å². The van der Waals surface area contributed by atoms with Gasteiger partial charge in [0.25, 0.3) is 0 Å². The number of halogens is 1. The molecule has 0 aromatic carbocycles. The van der Waals surface area contributed by atoms with Gasteiger partial charge in [-0.2, -0.15) is 9.98 Å². The zero-order chi connectivity index (χ0) is 4.41. The van der Waals surface area contributed by atoms with E-state index in [0.29, 0.717) is 0 Å². The highest BCUT2D eigenvalue weighted by molar-refractivity contribution is 14.1. The summed E-state index contributed by atoms with van der Waals surface area (Å²) < 4.78 is 0.896. The average molecular weight is 192 g/mol. The van der Waals surface area contributed by atoms with Crippen molar-refractivity contribution in [2.45, 2.75) is 0 Å². The van der Waals surface area contributed by atoms with Gasteiger partial charge < -0.3 is 0 Å². The first kappa shape index (κ1) is 4.02. The van der Waals surface area contributed by atoms with Gasteiger partial charge in [0.15, 0.2) is 0 Å². The first-order valence-electron chi connectivity index (χ1n) is 1.41. The molecule has 0 saturated carbocycles. The molecule has 0 aliphatic carbocycles. The first-order valence-corrected chi connectivity index (χ1v) is 2.49. The van der Waals surface area contributed by atoms with Crippen molar-refractivity contribution in [1.29, 1.82) is 0 Å². The number of nitrogens with zero attached hydrogens (tertiary/aromatic N) is 2. The van der Waals surface area contributed by atoms with E-state index in [-0.39, 0.29) is 0 Å². The smallest absolute Gasteiger partial charge is 0.131 e. The lowest BCUT2D eigenvalue weighted by Gasteiger charge is -1.66. The predicted molar refractivity (Wildman–Crippen MR) is 32.0 cm³/mol. The maximum Gasteiger partial charge on any atom is 0.131 e. The Kier molecular flexibility index (Phi) is 1.03. The topological polar surface area (TPSA) is 24.7 Å². The highest BCUT2D eigenvalue weighted by atomic mass is 127. The number of rotatable bonds is 0. The van der Waals surface area contributed by atoms with Crippen LogP contribution in [0.1, 0.15) is 0 Å². The Hall–Kier alpha value is -0.150. The molecule has 0 saturated heterocycles. The fourth-order valence-electron chi connectivity index (χ4n) is 0.188. The Morgan fingerprint density at radius 3 is 2.83 bits per heavy atom. The molecule has 0 unspecified atom stereocenters. The van der Waals surface area contributed by atoms with Crippen LogP contribution in [0.5, 0.6) is 0 Å². The standard InChI is InChI=1S/C3HIN2/c4-3-1-5-2-6-3/h1H. The van der Waals surface area contributed by atoms with Crippen molar-refractivity contribution >= 4 is 28.6 Å². The molecule has 0 N–H and O–H groups in total. The fraction of sp³-hybridized carbons (Fsp3) is 0. The van der Waals surface area contributed by atoms with Crippen LogP contribution < -0.4 is 0 Å². The van der Waals surface area contributed by atoms with Crippen LogP contribution in [-0.2, 0) is 0 Å². The van der Waals surface area contributed by atoms with Crippen LogP contribution in [-0.4, -0.2) is 6.01 Å². The fourth-order valence-corrected chi connectivity index (χ4v) is 0.435. The molecule has 1 rings (SSSR count). The van der Waals surface area contributed by atoms with E-state index in [9.17, 15) is 0 Å². The van der Waals surface area contributed by atoms with E-state index in [1.807, 2.05) is 0 Å². The Balaban J connectivity index is 2.88. The monoisotopic (exact) mass is 192 g/mol. The van der Waals surface area contributed by atoms with Crippen molar-refractivity contribution in [3.63, 3.8) is 0 Å². The Morgan fingerprint density at radius 1 is 1.83 bits per heavy atom. The summed E-state index contributed by atoms with van der Waals surface area (Å²) in [5.41, 5.74) is 0. The van der Waals surface area contributed by atoms with Crippen LogP contribution in [0.15, 0.2) is 19.9 Å². The first-order chi connectivity index (χ1) is 2.89. The molecule has 0 atom stereocenters. The van der Waals surface area contributed by atoms with Gasteiger partial charge in [0, 0.05) is 0 Å². The molecule has 0 bridgehead atoms. The minimum absolute atomic E-state index is 0.896. The van der Waals surface area contributed by atoms with Crippen molar-refractivity contribution in [3.8, 4) is 0 Å². The van der Waals surface area contributed by atoms with Crippen LogP contribution in [0, 0.1) is 0 Å². The summed E-state index contributed by atoms with van der Waals surface area (Å²) in [6.45, 7) is 0. The molecule has 0 radical (unpaired) electrons. The molecule has 0 fully saturated rings. The lowest BCUT2D eigenvalue weighted by atomic mass is 11.0. The molecule has 30 valence electrons. The lowest BCUT2D eigenvalue weighted by molar-refractivity contribution is 1.58. The normalized spacial score (nSPS) is 15.8. The zero-order valence-corrected chi connectivity index (χ0v) is 5.01. The van der Waals surface area contributed by atoms with E-state index in [1.54, 1.807) is 6.20 Å². The summed E-state index contributed by atoms with van der Waals surface area (Å²) in [5.74, 6) is 0. The van der Waals surface area contributed by atoms with Gasteiger partial charge in [0.05, 0.1) is 6.20 Å². The van der Waals surface area contributed by atoms with Gasteiger partial charge in [-0.25, -0.2) is 0 Å². The van der Waals surface area contributed by atoms with Crippen molar-refractivity contribution in [2.75, 3.05) is 0 Å². The third-order valence-electron chi connectivity index (χ3n) is 0.386. The largest absolute Gasteiger partial charge is 0.193 e. The molecule has 1 aliphatic heterocycles. The summed E-state index contributed by atoms with van der Waals surface area (Å²) in [5, 5.41) is 0. The van der Waals surface area contributed by atoms with Crippen molar-refractivity contribution in [1.82, 2.24) is 0 Å². The quantitative estimate of drug-likeness (QED) is 0.409. The SMILES string of the molecule is IC1=CN=C=N1. The summed E-state index contributed by atoms with van der Waals surface area (Å²) >= 11 is 2.07. The van der Waals surface area contributed by atoms with E-state index in [4.69, 9.17) is 0 Å². The molecular weight excluding hydrogens is 191 g/mol. The van der Waals surface area contributed by atoms with E-state index < -0.39 is 0 Å². The Bertz CT molecular complexity index is 141. The molecule has 3 heteroatoms. The van der Waals surface area contributed by atoms with Crippen LogP contribution in [0.2, 0.25) is 0 Å². The van der Waals surface area contributed by atoms with Gasteiger partial charge in [-0.3, -0.25) is 0 Å². The van der Waals surface area contributed by atoms with Crippen LogP contribution in [0.4, 0.5) is 0 Å². The second-order valence-corrected chi connectivity index (χ2v) is 1.90. The summed E-state index contributed by atoms with van der Waals surface area (Å²) in [7, 11) is 0. The van der Waals surface area contributed by atoms with Crippen molar-refractivity contribution in [2.24, 2.45) is 9.98 Å². The highest BCUT2D eigenvalue weighted by Crippen LogP contribution is 2.08. The minimum Gasteiger partial charge on any atom is -0.193 e. The Morgan fingerprint density at radius 2 is 2.67 bits per heavy atom. The maximum atomic E-state index is 3.67. The van der Waals surface area contributed by atoms with E-state index in [1.165, 1.54) is 0 Å². The average Bonchev–Trinajstić information content (AvgIpc) is 1.86. The summed E-state index contributed by atoms with van der Waals surface area (Å²) in [6.07, 6.45) is 1.65. The van der Waals surface area contributed by atoms with Gasteiger partial charge in [0.1, 0.15) is 9.71 Å². The van der Waals surface area contributed by atoms with Crippen molar-refractivity contribution < 1.29 is 0 Å².